The smallest absolute Gasteiger partial charge is 0.250 e. The first-order chi connectivity index (χ1) is 13.4. The van der Waals surface area contributed by atoms with Gasteiger partial charge in [0.2, 0.25) is 17.7 Å². The summed E-state index contributed by atoms with van der Waals surface area (Å²) in [5, 5.41) is 6.10. The van der Waals surface area contributed by atoms with Crippen molar-refractivity contribution in [3.05, 3.63) is 29.6 Å². The molecule has 3 heterocycles. The standard InChI is InChI=1S/C20H24FN3O3S/c1-4-10(2)24-17(25)15-14(7-8-28-3)23-20(16(15)18(24)26)12-9-11(21)5-6-13(12)22-19(20)27/h5-6,9-10,14-16,23H,4,7-8H2,1-3H3,(H,22,27)/t10-,14+,15+,16+,20-/m1/s1. The van der Waals surface area contributed by atoms with Gasteiger partial charge in [0, 0.05) is 23.3 Å². The summed E-state index contributed by atoms with van der Waals surface area (Å²) in [4.78, 5) is 41.1. The van der Waals surface area contributed by atoms with Crippen molar-refractivity contribution >= 4 is 35.2 Å². The molecule has 8 heteroatoms. The summed E-state index contributed by atoms with van der Waals surface area (Å²) in [7, 11) is 0. The van der Waals surface area contributed by atoms with Gasteiger partial charge in [-0.1, -0.05) is 6.92 Å². The maximum absolute atomic E-state index is 14.1. The van der Waals surface area contributed by atoms with Crippen LogP contribution in [0.1, 0.15) is 32.3 Å². The van der Waals surface area contributed by atoms with Crippen LogP contribution in [-0.2, 0) is 19.9 Å². The number of halogens is 1. The maximum atomic E-state index is 14.1. The number of hydrogen-bond donors (Lipinski definition) is 2. The maximum Gasteiger partial charge on any atom is 0.250 e. The van der Waals surface area contributed by atoms with Crippen LogP contribution in [0.4, 0.5) is 10.1 Å². The molecule has 4 rings (SSSR count). The van der Waals surface area contributed by atoms with Crippen LogP contribution < -0.4 is 10.6 Å². The lowest BCUT2D eigenvalue weighted by Gasteiger charge is -2.31. The molecule has 3 amide bonds. The normalized spacial score (nSPS) is 32.1. The van der Waals surface area contributed by atoms with Gasteiger partial charge in [-0.25, -0.2) is 4.39 Å². The molecule has 3 aliphatic heterocycles. The van der Waals surface area contributed by atoms with Gasteiger partial charge in [0.05, 0.1) is 11.8 Å². The number of benzene rings is 1. The van der Waals surface area contributed by atoms with Crippen LogP contribution in [0.15, 0.2) is 18.2 Å². The lowest BCUT2D eigenvalue weighted by atomic mass is 9.76. The van der Waals surface area contributed by atoms with E-state index >= 15 is 0 Å². The van der Waals surface area contributed by atoms with Crippen LogP contribution in [0.2, 0.25) is 0 Å². The second-order valence-electron chi connectivity index (χ2n) is 7.79. The highest BCUT2D eigenvalue weighted by atomic mass is 32.2. The second kappa shape index (κ2) is 6.84. The van der Waals surface area contributed by atoms with Crippen LogP contribution in [0.5, 0.6) is 0 Å². The van der Waals surface area contributed by atoms with Crippen LogP contribution in [0, 0.1) is 17.7 Å². The van der Waals surface area contributed by atoms with Crippen molar-refractivity contribution in [2.24, 2.45) is 11.8 Å². The van der Waals surface area contributed by atoms with E-state index in [4.69, 9.17) is 0 Å². The lowest BCUT2D eigenvalue weighted by Crippen LogP contribution is -2.54. The number of amides is 3. The van der Waals surface area contributed by atoms with Crippen LogP contribution in [-0.4, -0.2) is 46.7 Å². The minimum atomic E-state index is -1.40. The fourth-order valence-electron chi connectivity index (χ4n) is 4.91. The van der Waals surface area contributed by atoms with Crippen molar-refractivity contribution in [1.82, 2.24) is 10.2 Å². The molecule has 150 valence electrons. The summed E-state index contributed by atoms with van der Waals surface area (Å²) >= 11 is 1.65. The number of likely N-dealkylation sites (tertiary alicyclic amines) is 1. The molecule has 5 atom stereocenters. The fourth-order valence-corrected chi connectivity index (χ4v) is 5.40. The number of imide groups is 1. The van der Waals surface area contributed by atoms with E-state index in [-0.39, 0.29) is 29.8 Å². The summed E-state index contributed by atoms with van der Waals surface area (Å²) in [6.07, 6.45) is 3.27. The highest BCUT2D eigenvalue weighted by Gasteiger charge is 2.70. The molecule has 1 aromatic carbocycles. The van der Waals surface area contributed by atoms with Gasteiger partial charge in [0.25, 0.3) is 0 Å². The largest absolute Gasteiger partial charge is 0.324 e. The Morgan fingerprint density at radius 3 is 2.71 bits per heavy atom. The zero-order valence-electron chi connectivity index (χ0n) is 16.1. The van der Waals surface area contributed by atoms with E-state index in [2.05, 4.69) is 10.6 Å². The first kappa shape index (κ1) is 19.4. The number of fused-ring (bicyclic) bond motifs is 4. The Labute approximate surface area is 167 Å². The first-order valence-corrected chi connectivity index (χ1v) is 11.0. The Morgan fingerprint density at radius 2 is 2.04 bits per heavy atom. The van der Waals surface area contributed by atoms with E-state index < -0.39 is 23.2 Å². The van der Waals surface area contributed by atoms with E-state index in [0.29, 0.717) is 24.1 Å². The van der Waals surface area contributed by atoms with Crippen molar-refractivity contribution in [2.75, 3.05) is 17.3 Å². The number of nitrogens with zero attached hydrogens (tertiary/aromatic N) is 1. The molecule has 1 aromatic rings. The van der Waals surface area contributed by atoms with Gasteiger partial charge in [-0.3, -0.25) is 24.6 Å². The average molecular weight is 405 g/mol. The van der Waals surface area contributed by atoms with Gasteiger partial charge in [-0.05, 0) is 50.0 Å². The van der Waals surface area contributed by atoms with Crippen molar-refractivity contribution < 1.29 is 18.8 Å². The Kier molecular flexibility index (Phi) is 4.74. The van der Waals surface area contributed by atoms with E-state index in [1.807, 2.05) is 20.1 Å². The van der Waals surface area contributed by atoms with E-state index in [1.54, 1.807) is 11.8 Å². The molecule has 0 unspecified atom stereocenters. The van der Waals surface area contributed by atoms with Crippen LogP contribution in [0.3, 0.4) is 0 Å². The highest BCUT2D eigenvalue weighted by molar-refractivity contribution is 7.98. The van der Waals surface area contributed by atoms with E-state index in [9.17, 15) is 18.8 Å². The van der Waals surface area contributed by atoms with Crippen LogP contribution >= 0.6 is 11.8 Å². The monoisotopic (exact) mass is 405 g/mol. The number of carbonyl (C=O) groups excluding carboxylic acids is 3. The number of hydrogen-bond acceptors (Lipinski definition) is 5. The molecule has 0 saturated carbocycles. The Morgan fingerprint density at radius 1 is 1.29 bits per heavy atom. The van der Waals surface area contributed by atoms with Crippen molar-refractivity contribution in [2.45, 2.75) is 44.3 Å². The molecule has 2 fully saturated rings. The van der Waals surface area contributed by atoms with Crippen LogP contribution in [0.25, 0.3) is 0 Å². The highest BCUT2D eigenvalue weighted by Crippen LogP contribution is 2.53. The topological polar surface area (TPSA) is 78.5 Å². The molecule has 0 bridgehead atoms. The first-order valence-electron chi connectivity index (χ1n) is 9.61. The predicted molar refractivity (Wildman–Crippen MR) is 105 cm³/mol. The molecular weight excluding hydrogens is 381 g/mol. The third kappa shape index (κ3) is 2.47. The predicted octanol–water partition coefficient (Wildman–Crippen LogP) is 2.10. The van der Waals surface area contributed by atoms with Crippen molar-refractivity contribution in [3.8, 4) is 0 Å². The molecule has 0 radical (unpaired) electrons. The van der Waals surface area contributed by atoms with Gasteiger partial charge in [0.1, 0.15) is 11.4 Å². The quantitative estimate of drug-likeness (QED) is 0.734. The Balaban J connectivity index is 1.86. The summed E-state index contributed by atoms with van der Waals surface area (Å²) in [5.74, 6) is -2.11. The molecule has 3 aliphatic rings. The summed E-state index contributed by atoms with van der Waals surface area (Å²) in [5.41, 5.74) is -0.489. The molecule has 1 spiro atoms. The van der Waals surface area contributed by atoms with Gasteiger partial charge < -0.3 is 5.32 Å². The zero-order chi connectivity index (χ0) is 20.2. The molecule has 28 heavy (non-hydrogen) atoms. The Bertz CT molecular complexity index is 863. The minimum absolute atomic E-state index is 0.225. The number of thioether (sulfide) groups is 1. The number of anilines is 1. The van der Waals surface area contributed by atoms with Gasteiger partial charge >= 0.3 is 0 Å². The number of rotatable bonds is 5. The second-order valence-corrected chi connectivity index (χ2v) is 8.78. The fraction of sp³-hybridized carbons (Fsp3) is 0.550. The molecular formula is C20H24FN3O3S. The number of nitrogens with one attached hydrogen (secondary N) is 2. The van der Waals surface area contributed by atoms with E-state index in [1.165, 1.54) is 23.1 Å². The van der Waals surface area contributed by atoms with E-state index in [0.717, 1.165) is 5.75 Å². The third-order valence-electron chi connectivity index (χ3n) is 6.38. The summed E-state index contributed by atoms with van der Waals surface area (Å²) in [6.45, 7) is 3.77. The lowest BCUT2D eigenvalue weighted by molar-refractivity contribution is -0.145. The number of carbonyl (C=O) groups is 3. The molecule has 2 saturated heterocycles. The minimum Gasteiger partial charge on any atom is -0.324 e. The van der Waals surface area contributed by atoms with Crippen molar-refractivity contribution in [1.29, 1.82) is 0 Å². The zero-order valence-corrected chi connectivity index (χ0v) is 16.9. The Hall–Kier alpha value is -1.93. The molecule has 0 aromatic heterocycles. The van der Waals surface area contributed by atoms with Gasteiger partial charge in [-0.15, -0.1) is 0 Å². The molecule has 2 N–H and O–H groups in total. The summed E-state index contributed by atoms with van der Waals surface area (Å²) < 4.78 is 14.1. The average Bonchev–Trinajstić information content (AvgIpc) is 3.25. The molecule has 0 aliphatic carbocycles. The van der Waals surface area contributed by atoms with Gasteiger partial charge in [-0.2, -0.15) is 11.8 Å². The van der Waals surface area contributed by atoms with Crippen molar-refractivity contribution in [3.63, 3.8) is 0 Å². The SMILES string of the molecule is CC[C@@H](C)N1C(=O)[C@H]2[C@H](CCSC)N[C@@]3(C(=O)Nc4ccc(F)cc43)[C@@H]2C1=O. The third-order valence-corrected chi connectivity index (χ3v) is 7.02. The van der Waals surface area contributed by atoms with Gasteiger partial charge in [0.15, 0.2) is 0 Å². The molecule has 6 nitrogen and oxygen atoms in total. The summed E-state index contributed by atoms with van der Waals surface area (Å²) in [6, 6.07) is 3.54.